The van der Waals surface area contributed by atoms with Crippen LogP contribution in [0.5, 0.6) is 17.2 Å². The number of carbonyl (C=O) groups excluding carboxylic acids is 2. The second-order valence-corrected chi connectivity index (χ2v) is 6.44. The summed E-state index contributed by atoms with van der Waals surface area (Å²) < 4.78 is 21.4. The van der Waals surface area contributed by atoms with Crippen molar-refractivity contribution < 1.29 is 28.2 Å². The second kappa shape index (κ2) is 10.7. The van der Waals surface area contributed by atoms with Crippen LogP contribution in [-0.4, -0.2) is 32.1 Å². The van der Waals surface area contributed by atoms with E-state index >= 15 is 0 Å². The van der Waals surface area contributed by atoms with E-state index in [9.17, 15) is 9.59 Å². The molecule has 0 saturated carbocycles. The van der Waals surface area contributed by atoms with Crippen LogP contribution in [0.1, 0.15) is 23.0 Å². The zero-order valence-electron chi connectivity index (χ0n) is 17.3. The van der Waals surface area contributed by atoms with E-state index < -0.39 is 0 Å². The normalized spacial score (nSPS) is 10.3. The zero-order valence-corrected chi connectivity index (χ0v) is 17.3. The summed E-state index contributed by atoms with van der Waals surface area (Å²) in [5.41, 5.74) is 1.40. The molecule has 0 bridgehead atoms. The van der Waals surface area contributed by atoms with E-state index in [2.05, 4.69) is 10.6 Å². The molecular weight excluding hydrogens is 400 g/mol. The van der Waals surface area contributed by atoms with E-state index in [1.165, 1.54) is 6.26 Å². The smallest absolute Gasteiger partial charge is 0.291 e. The Hall–Kier alpha value is -3.94. The third-order valence-corrected chi connectivity index (χ3v) is 4.22. The van der Waals surface area contributed by atoms with Gasteiger partial charge in [-0.2, -0.15) is 0 Å². The molecule has 2 amide bonds. The number of benzene rings is 2. The summed E-state index contributed by atoms with van der Waals surface area (Å²) in [4.78, 5) is 24.2. The van der Waals surface area contributed by atoms with Gasteiger partial charge in [0.05, 0.1) is 20.0 Å². The number of hydrogen-bond donors (Lipinski definition) is 2. The summed E-state index contributed by atoms with van der Waals surface area (Å²) >= 11 is 0. The minimum absolute atomic E-state index is 0.163. The maximum atomic E-state index is 12.2. The molecule has 0 fully saturated rings. The van der Waals surface area contributed by atoms with Gasteiger partial charge in [0.1, 0.15) is 5.75 Å². The number of carbonyl (C=O) groups is 2. The van der Waals surface area contributed by atoms with Gasteiger partial charge in [0.2, 0.25) is 0 Å². The first-order valence-corrected chi connectivity index (χ1v) is 9.73. The number of amides is 2. The topological polar surface area (TPSA) is 99.0 Å². The van der Waals surface area contributed by atoms with Gasteiger partial charge in [-0.3, -0.25) is 9.59 Å². The van der Waals surface area contributed by atoms with Gasteiger partial charge in [-0.15, -0.1) is 0 Å². The summed E-state index contributed by atoms with van der Waals surface area (Å²) in [5, 5.41) is 5.50. The van der Waals surface area contributed by atoms with E-state index in [0.717, 1.165) is 5.56 Å². The lowest BCUT2D eigenvalue weighted by Gasteiger charge is -2.12. The molecule has 162 valence electrons. The standard InChI is InChI=1S/C23H24N2O6/c1-3-29-19-10-9-16(12-21(19)28-2)14-24-22(26)15-31-18-7-4-6-17(13-18)25-23(27)20-8-5-11-30-20/h4-13H,3,14-15H2,1-2H3,(H,24,26)(H,25,27). The summed E-state index contributed by atoms with van der Waals surface area (Å²) in [6.45, 7) is 2.60. The molecule has 8 nitrogen and oxygen atoms in total. The number of hydrogen-bond acceptors (Lipinski definition) is 6. The average Bonchev–Trinajstić information content (AvgIpc) is 3.32. The Morgan fingerprint density at radius 2 is 1.87 bits per heavy atom. The number of methoxy groups -OCH3 is 1. The van der Waals surface area contributed by atoms with Gasteiger partial charge in [0, 0.05) is 18.3 Å². The van der Waals surface area contributed by atoms with E-state index in [-0.39, 0.29) is 24.2 Å². The fourth-order valence-electron chi connectivity index (χ4n) is 2.76. The van der Waals surface area contributed by atoms with Gasteiger partial charge < -0.3 is 29.3 Å². The molecule has 0 aliphatic carbocycles. The molecule has 3 rings (SSSR count). The van der Waals surface area contributed by atoms with Crippen molar-refractivity contribution in [2.75, 3.05) is 25.6 Å². The highest BCUT2D eigenvalue weighted by atomic mass is 16.5. The first-order valence-electron chi connectivity index (χ1n) is 9.73. The number of ether oxygens (including phenoxy) is 3. The van der Waals surface area contributed by atoms with E-state index in [1.807, 2.05) is 25.1 Å². The van der Waals surface area contributed by atoms with Crippen molar-refractivity contribution in [3.63, 3.8) is 0 Å². The Bertz CT molecular complexity index is 1020. The minimum Gasteiger partial charge on any atom is -0.493 e. The third-order valence-electron chi connectivity index (χ3n) is 4.22. The molecule has 0 unspecified atom stereocenters. The number of furan rings is 1. The van der Waals surface area contributed by atoms with Crippen LogP contribution in [0.2, 0.25) is 0 Å². The van der Waals surface area contributed by atoms with Crippen LogP contribution in [0.3, 0.4) is 0 Å². The zero-order chi connectivity index (χ0) is 22.1. The van der Waals surface area contributed by atoms with Gasteiger partial charge in [0.15, 0.2) is 23.9 Å². The molecule has 8 heteroatoms. The molecule has 0 saturated heterocycles. The van der Waals surface area contributed by atoms with Crippen LogP contribution in [-0.2, 0) is 11.3 Å². The van der Waals surface area contributed by atoms with Crippen molar-refractivity contribution in [1.82, 2.24) is 5.32 Å². The molecule has 0 aliphatic rings. The average molecular weight is 424 g/mol. The lowest BCUT2D eigenvalue weighted by molar-refractivity contribution is -0.123. The van der Waals surface area contributed by atoms with Gasteiger partial charge in [-0.1, -0.05) is 12.1 Å². The first-order chi connectivity index (χ1) is 15.1. The summed E-state index contributed by atoms with van der Waals surface area (Å²) in [5.74, 6) is 1.27. The van der Waals surface area contributed by atoms with Crippen LogP contribution in [0, 0.1) is 0 Å². The Balaban J connectivity index is 1.49. The Kier molecular flexibility index (Phi) is 7.53. The third kappa shape index (κ3) is 6.27. The highest BCUT2D eigenvalue weighted by molar-refractivity contribution is 6.02. The van der Waals surface area contributed by atoms with Crippen molar-refractivity contribution >= 4 is 17.5 Å². The van der Waals surface area contributed by atoms with Crippen molar-refractivity contribution in [3.05, 3.63) is 72.2 Å². The summed E-state index contributed by atoms with van der Waals surface area (Å²) in [6, 6.07) is 15.5. The largest absolute Gasteiger partial charge is 0.493 e. The van der Waals surface area contributed by atoms with Crippen LogP contribution in [0.4, 0.5) is 5.69 Å². The van der Waals surface area contributed by atoms with Gasteiger partial charge >= 0.3 is 0 Å². The molecule has 1 heterocycles. The van der Waals surface area contributed by atoms with Crippen molar-refractivity contribution in [1.29, 1.82) is 0 Å². The van der Waals surface area contributed by atoms with Crippen LogP contribution in [0.15, 0.2) is 65.3 Å². The van der Waals surface area contributed by atoms with Gasteiger partial charge in [0.25, 0.3) is 11.8 Å². The lowest BCUT2D eigenvalue weighted by atomic mass is 10.2. The summed E-state index contributed by atoms with van der Waals surface area (Å²) in [7, 11) is 1.57. The number of anilines is 1. The van der Waals surface area contributed by atoms with Gasteiger partial charge in [-0.25, -0.2) is 0 Å². The quantitative estimate of drug-likeness (QED) is 0.516. The predicted molar refractivity (Wildman–Crippen MR) is 115 cm³/mol. The molecule has 0 aliphatic heterocycles. The maximum Gasteiger partial charge on any atom is 0.291 e. The Labute approximate surface area is 180 Å². The van der Waals surface area contributed by atoms with E-state index in [1.54, 1.807) is 43.5 Å². The molecule has 2 N–H and O–H groups in total. The minimum atomic E-state index is -0.370. The van der Waals surface area contributed by atoms with E-state index in [0.29, 0.717) is 36.1 Å². The predicted octanol–water partition coefficient (Wildman–Crippen LogP) is 3.63. The van der Waals surface area contributed by atoms with Crippen molar-refractivity contribution in [3.8, 4) is 17.2 Å². The maximum absolute atomic E-state index is 12.2. The van der Waals surface area contributed by atoms with E-state index in [4.69, 9.17) is 18.6 Å². The molecule has 0 spiro atoms. The highest BCUT2D eigenvalue weighted by Gasteiger charge is 2.10. The Morgan fingerprint density at radius 3 is 2.61 bits per heavy atom. The number of nitrogens with one attached hydrogen (secondary N) is 2. The van der Waals surface area contributed by atoms with Crippen LogP contribution in [0.25, 0.3) is 0 Å². The molecule has 0 radical (unpaired) electrons. The molecule has 31 heavy (non-hydrogen) atoms. The van der Waals surface area contributed by atoms with Crippen molar-refractivity contribution in [2.24, 2.45) is 0 Å². The highest BCUT2D eigenvalue weighted by Crippen LogP contribution is 2.28. The van der Waals surface area contributed by atoms with Crippen LogP contribution >= 0.6 is 0 Å². The SMILES string of the molecule is CCOc1ccc(CNC(=O)COc2cccc(NC(=O)c3ccco3)c2)cc1OC. The summed E-state index contributed by atoms with van der Waals surface area (Å²) in [6.07, 6.45) is 1.43. The van der Waals surface area contributed by atoms with Crippen molar-refractivity contribution in [2.45, 2.75) is 13.5 Å². The molecular formula is C23H24N2O6. The van der Waals surface area contributed by atoms with Gasteiger partial charge in [-0.05, 0) is 48.9 Å². The Morgan fingerprint density at radius 1 is 1.00 bits per heavy atom. The molecule has 2 aromatic carbocycles. The monoisotopic (exact) mass is 424 g/mol. The molecule has 3 aromatic rings. The fourth-order valence-corrected chi connectivity index (χ4v) is 2.76. The van der Waals surface area contributed by atoms with Crippen LogP contribution < -0.4 is 24.8 Å². The lowest BCUT2D eigenvalue weighted by Crippen LogP contribution is -2.28. The second-order valence-electron chi connectivity index (χ2n) is 6.44. The molecule has 1 aromatic heterocycles. The first kappa shape index (κ1) is 21.8. The fraction of sp³-hybridized carbons (Fsp3) is 0.217. The molecule has 0 atom stereocenters. The number of rotatable bonds is 10.